The maximum absolute atomic E-state index is 10.6. The van der Waals surface area contributed by atoms with E-state index in [0.717, 1.165) is 19.3 Å². The number of carbonyl (C=O) groups is 1. The highest BCUT2D eigenvalue weighted by Crippen LogP contribution is 2.15. The average Bonchev–Trinajstić information content (AvgIpc) is 2.66. The number of aliphatic hydroxyl groups is 1. The number of aliphatic carboxylic acids is 1. The summed E-state index contributed by atoms with van der Waals surface area (Å²) >= 11 is 0. The Kier molecular flexibility index (Phi) is 20.8. The fourth-order valence-electron chi connectivity index (χ4n) is 3.56. The zero-order valence-electron chi connectivity index (χ0n) is 17.9. The number of hydrogen-bond donors (Lipinski definition) is 2. The van der Waals surface area contributed by atoms with Crippen LogP contribution in [0.3, 0.4) is 0 Å². The first-order valence-corrected chi connectivity index (χ1v) is 11.7. The van der Waals surface area contributed by atoms with Gasteiger partial charge >= 0.3 is 5.97 Å². The molecule has 3 nitrogen and oxygen atoms in total. The van der Waals surface area contributed by atoms with Crippen molar-refractivity contribution < 1.29 is 15.0 Å². The minimum Gasteiger partial charge on any atom is -0.478 e. The zero-order valence-corrected chi connectivity index (χ0v) is 17.9. The third-order valence-corrected chi connectivity index (χ3v) is 5.44. The first-order valence-electron chi connectivity index (χ1n) is 11.7. The van der Waals surface area contributed by atoms with Gasteiger partial charge in [0.2, 0.25) is 0 Å². The van der Waals surface area contributed by atoms with Gasteiger partial charge in [0.15, 0.2) is 0 Å². The van der Waals surface area contributed by atoms with Crippen LogP contribution in [0.4, 0.5) is 0 Å². The minimum atomic E-state index is -0.847. The lowest BCUT2D eigenvalue weighted by molar-refractivity contribution is -0.132. The number of unbranched alkanes of at least 4 members (excludes halogenated alkanes) is 18. The topological polar surface area (TPSA) is 57.5 Å². The van der Waals surface area contributed by atoms with E-state index in [1.54, 1.807) is 0 Å². The van der Waals surface area contributed by atoms with Gasteiger partial charge in [-0.25, -0.2) is 4.79 Å². The van der Waals surface area contributed by atoms with Crippen LogP contribution in [0.5, 0.6) is 0 Å². The van der Waals surface area contributed by atoms with E-state index in [2.05, 4.69) is 6.58 Å². The molecule has 0 atom stereocenters. The number of aliphatic hydroxyl groups excluding tert-OH is 1. The van der Waals surface area contributed by atoms with Crippen LogP contribution in [0.25, 0.3) is 0 Å². The molecule has 0 heterocycles. The van der Waals surface area contributed by atoms with Crippen LogP contribution >= 0.6 is 0 Å². The molecule has 0 aliphatic heterocycles. The quantitative estimate of drug-likeness (QED) is 0.151. The summed E-state index contributed by atoms with van der Waals surface area (Å²) in [7, 11) is 0. The van der Waals surface area contributed by atoms with Gasteiger partial charge in [-0.1, -0.05) is 116 Å². The molecule has 0 aromatic heterocycles. The van der Waals surface area contributed by atoms with Crippen LogP contribution in [-0.4, -0.2) is 22.8 Å². The molecule has 0 aromatic carbocycles. The summed E-state index contributed by atoms with van der Waals surface area (Å²) < 4.78 is 0. The molecular weight excluding hydrogens is 336 g/mol. The van der Waals surface area contributed by atoms with Crippen molar-refractivity contribution in [1.82, 2.24) is 0 Å². The van der Waals surface area contributed by atoms with Crippen LogP contribution in [0.1, 0.15) is 128 Å². The molecule has 0 amide bonds. The molecule has 0 fully saturated rings. The van der Waals surface area contributed by atoms with Crippen LogP contribution < -0.4 is 0 Å². The standard InChI is InChI=1S/C24H46O3/c1-23(24(26)27)21-19-17-15-13-11-9-7-5-3-2-4-6-8-10-12-14-16-18-20-22-25/h25H,1-22H2,(H,26,27). The van der Waals surface area contributed by atoms with Crippen molar-refractivity contribution in [2.24, 2.45) is 0 Å². The molecule has 0 saturated carbocycles. The van der Waals surface area contributed by atoms with E-state index in [9.17, 15) is 4.79 Å². The summed E-state index contributed by atoms with van der Waals surface area (Å²) in [5.74, 6) is -0.847. The van der Waals surface area contributed by atoms with E-state index in [4.69, 9.17) is 10.2 Å². The lowest BCUT2D eigenvalue weighted by atomic mass is 10.0. The first kappa shape index (κ1) is 26.2. The van der Waals surface area contributed by atoms with E-state index < -0.39 is 5.97 Å². The monoisotopic (exact) mass is 382 g/mol. The summed E-state index contributed by atoms with van der Waals surface area (Å²) in [6.07, 6.45) is 25.3. The Balaban J connectivity index is 3.05. The van der Waals surface area contributed by atoms with E-state index >= 15 is 0 Å². The van der Waals surface area contributed by atoms with Crippen molar-refractivity contribution in [2.45, 2.75) is 128 Å². The smallest absolute Gasteiger partial charge is 0.330 e. The molecule has 3 heteroatoms. The summed E-state index contributed by atoms with van der Waals surface area (Å²) in [5, 5.41) is 17.5. The Labute approximate surface area is 168 Å². The predicted molar refractivity (Wildman–Crippen MR) is 116 cm³/mol. The normalized spacial score (nSPS) is 11.0. The molecule has 2 N–H and O–H groups in total. The van der Waals surface area contributed by atoms with Gasteiger partial charge in [-0.15, -0.1) is 0 Å². The van der Waals surface area contributed by atoms with Gasteiger partial charge in [0.1, 0.15) is 0 Å². The van der Waals surface area contributed by atoms with Crippen LogP contribution in [0, 0.1) is 0 Å². The molecule has 0 radical (unpaired) electrons. The van der Waals surface area contributed by atoms with Gasteiger partial charge in [0, 0.05) is 12.2 Å². The van der Waals surface area contributed by atoms with Gasteiger partial charge in [0.05, 0.1) is 0 Å². The van der Waals surface area contributed by atoms with Crippen molar-refractivity contribution in [3.63, 3.8) is 0 Å². The molecule has 0 aliphatic carbocycles. The second-order valence-corrected chi connectivity index (χ2v) is 8.10. The molecule has 0 aliphatic rings. The van der Waals surface area contributed by atoms with Gasteiger partial charge in [-0.2, -0.15) is 0 Å². The van der Waals surface area contributed by atoms with E-state index in [0.29, 0.717) is 18.6 Å². The molecule has 0 spiro atoms. The molecule has 0 unspecified atom stereocenters. The fourth-order valence-corrected chi connectivity index (χ4v) is 3.56. The highest BCUT2D eigenvalue weighted by molar-refractivity contribution is 5.85. The second kappa shape index (κ2) is 21.5. The Hall–Kier alpha value is -0.830. The maximum atomic E-state index is 10.6. The van der Waals surface area contributed by atoms with Gasteiger partial charge in [-0.3, -0.25) is 0 Å². The number of carboxylic acids is 1. The van der Waals surface area contributed by atoms with Crippen molar-refractivity contribution >= 4 is 5.97 Å². The largest absolute Gasteiger partial charge is 0.478 e. The lowest BCUT2D eigenvalue weighted by Gasteiger charge is -2.04. The first-order chi connectivity index (χ1) is 13.2. The summed E-state index contributed by atoms with van der Waals surface area (Å²) in [6.45, 7) is 3.92. The van der Waals surface area contributed by atoms with E-state index in [1.807, 2.05) is 0 Å². The average molecular weight is 383 g/mol. The Morgan fingerprint density at radius 3 is 1.04 bits per heavy atom. The molecule has 0 bridgehead atoms. The van der Waals surface area contributed by atoms with E-state index in [1.165, 1.54) is 103 Å². The van der Waals surface area contributed by atoms with Crippen molar-refractivity contribution in [3.05, 3.63) is 12.2 Å². The Morgan fingerprint density at radius 2 is 0.778 bits per heavy atom. The highest BCUT2D eigenvalue weighted by atomic mass is 16.4. The Morgan fingerprint density at radius 1 is 0.519 bits per heavy atom. The summed E-state index contributed by atoms with van der Waals surface area (Å²) in [6, 6.07) is 0. The lowest BCUT2D eigenvalue weighted by Crippen LogP contribution is -1.98. The predicted octanol–water partition coefficient (Wildman–Crippen LogP) is 7.42. The number of hydrogen-bond acceptors (Lipinski definition) is 2. The van der Waals surface area contributed by atoms with Gasteiger partial charge in [0.25, 0.3) is 0 Å². The van der Waals surface area contributed by atoms with Crippen molar-refractivity contribution in [3.8, 4) is 0 Å². The van der Waals surface area contributed by atoms with Crippen molar-refractivity contribution in [1.29, 1.82) is 0 Å². The van der Waals surface area contributed by atoms with E-state index in [-0.39, 0.29) is 0 Å². The SMILES string of the molecule is C=C(CCCCCCCCCCCCCCCCCCCCCO)C(=O)O. The molecule has 0 aromatic rings. The molecular formula is C24H46O3. The Bertz CT molecular complexity index is 339. The molecule has 0 saturated heterocycles. The summed E-state index contributed by atoms with van der Waals surface area (Å²) in [5.41, 5.74) is 0.351. The van der Waals surface area contributed by atoms with Gasteiger partial charge in [-0.05, 0) is 19.3 Å². The van der Waals surface area contributed by atoms with Gasteiger partial charge < -0.3 is 10.2 Å². The molecule has 160 valence electrons. The van der Waals surface area contributed by atoms with Crippen LogP contribution in [-0.2, 0) is 4.79 Å². The number of rotatable bonds is 22. The third-order valence-electron chi connectivity index (χ3n) is 5.44. The minimum absolute atomic E-state index is 0.351. The van der Waals surface area contributed by atoms with Crippen LogP contribution in [0.15, 0.2) is 12.2 Å². The third kappa shape index (κ3) is 21.3. The zero-order chi connectivity index (χ0) is 20.0. The highest BCUT2D eigenvalue weighted by Gasteiger charge is 2.02. The second-order valence-electron chi connectivity index (χ2n) is 8.10. The summed E-state index contributed by atoms with van der Waals surface area (Å²) in [4.78, 5) is 10.6. The maximum Gasteiger partial charge on any atom is 0.330 e. The van der Waals surface area contributed by atoms with Crippen molar-refractivity contribution in [2.75, 3.05) is 6.61 Å². The molecule has 27 heavy (non-hydrogen) atoms. The van der Waals surface area contributed by atoms with Crippen LogP contribution in [0.2, 0.25) is 0 Å². The number of carboxylic acid groups (broad SMARTS) is 1. The fraction of sp³-hybridized carbons (Fsp3) is 0.875. The molecule has 0 rings (SSSR count).